The van der Waals surface area contributed by atoms with Gasteiger partial charge in [0.1, 0.15) is 0 Å². The maximum Gasteiger partial charge on any atom is 0.234 e. The molecule has 2 amide bonds. The Labute approximate surface area is 143 Å². The molecule has 1 heterocycles. The molecule has 0 saturated heterocycles. The van der Waals surface area contributed by atoms with E-state index in [9.17, 15) is 9.59 Å². The van der Waals surface area contributed by atoms with Gasteiger partial charge in [0.2, 0.25) is 11.8 Å². The topological polar surface area (TPSA) is 61.4 Å². The van der Waals surface area contributed by atoms with E-state index >= 15 is 0 Å². The summed E-state index contributed by atoms with van der Waals surface area (Å²) in [5, 5.41) is 5.82. The summed E-state index contributed by atoms with van der Waals surface area (Å²) in [7, 11) is 1.70. The number of hydrogen-bond acceptors (Lipinski definition) is 3. The van der Waals surface area contributed by atoms with E-state index in [0.29, 0.717) is 12.5 Å². The third-order valence-corrected chi connectivity index (χ3v) is 5.33. The summed E-state index contributed by atoms with van der Waals surface area (Å²) in [5.41, 5.74) is 2.66. The van der Waals surface area contributed by atoms with Crippen LogP contribution in [0.25, 0.3) is 0 Å². The molecule has 130 valence electrons. The molecule has 5 heteroatoms. The quantitative estimate of drug-likeness (QED) is 0.864. The van der Waals surface area contributed by atoms with Crippen molar-refractivity contribution in [1.82, 2.24) is 15.5 Å². The van der Waals surface area contributed by atoms with Crippen molar-refractivity contribution in [2.24, 2.45) is 11.8 Å². The standard InChI is InChI=1S/C19H27N3O2/c1-20-19(24)15-8-6-14(7-9-15)10-21-18(23)13-22-11-16-4-2-3-5-17(16)12-22/h2-5,14-15H,6-13H2,1H3,(H,20,24)(H,21,23). The molecule has 0 unspecified atom stereocenters. The van der Waals surface area contributed by atoms with Crippen molar-refractivity contribution in [3.05, 3.63) is 35.4 Å². The van der Waals surface area contributed by atoms with E-state index in [2.05, 4.69) is 39.8 Å². The summed E-state index contributed by atoms with van der Waals surface area (Å²) in [4.78, 5) is 26.0. The minimum atomic E-state index is 0.108. The molecule has 24 heavy (non-hydrogen) atoms. The van der Waals surface area contributed by atoms with E-state index in [1.807, 2.05) is 0 Å². The summed E-state index contributed by atoms with van der Waals surface area (Å²) in [6, 6.07) is 8.38. The molecule has 1 saturated carbocycles. The number of carbonyl (C=O) groups excluding carboxylic acids is 2. The Morgan fingerprint density at radius 1 is 1.08 bits per heavy atom. The van der Waals surface area contributed by atoms with Crippen molar-refractivity contribution in [3.63, 3.8) is 0 Å². The van der Waals surface area contributed by atoms with Gasteiger partial charge in [0, 0.05) is 32.6 Å². The molecule has 0 aromatic heterocycles. The minimum Gasteiger partial charge on any atom is -0.359 e. The van der Waals surface area contributed by atoms with Gasteiger partial charge in [0.15, 0.2) is 0 Å². The number of nitrogens with one attached hydrogen (secondary N) is 2. The number of amides is 2. The molecule has 2 N–H and O–H groups in total. The summed E-state index contributed by atoms with van der Waals surface area (Å²) >= 11 is 0. The minimum absolute atomic E-state index is 0.108. The van der Waals surface area contributed by atoms with E-state index in [4.69, 9.17) is 0 Å². The lowest BCUT2D eigenvalue weighted by Crippen LogP contribution is -2.38. The molecular formula is C19H27N3O2. The van der Waals surface area contributed by atoms with Crippen LogP contribution >= 0.6 is 0 Å². The molecule has 0 bridgehead atoms. The smallest absolute Gasteiger partial charge is 0.234 e. The highest BCUT2D eigenvalue weighted by molar-refractivity contribution is 5.78. The Kier molecular flexibility index (Phi) is 5.51. The fourth-order valence-electron chi connectivity index (χ4n) is 3.87. The van der Waals surface area contributed by atoms with Gasteiger partial charge >= 0.3 is 0 Å². The Bertz CT molecular complexity index is 569. The Hall–Kier alpha value is -1.88. The number of nitrogens with zero attached hydrogens (tertiary/aromatic N) is 1. The normalized spacial score (nSPS) is 23.5. The van der Waals surface area contributed by atoms with Crippen LogP contribution in [0, 0.1) is 11.8 Å². The summed E-state index contributed by atoms with van der Waals surface area (Å²) < 4.78 is 0. The zero-order valence-corrected chi connectivity index (χ0v) is 14.4. The van der Waals surface area contributed by atoms with Crippen molar-refractivity contribution in [3.8, 4) is 0 Å². The van der Waals surface area contributed by atoms with Crippen LogP contribution in [0.3, 0.4) is 0 Å². The lowest BCUT2D eigenvalue weighted by atomic mass is 9.81. The first-order valence-electron chi connectivity index (χ1n) is 8.93. The average molecular weight is 329 g/mol. The van der Waals surface area contributed by atoms with Crippen LogP contribution in [-0.4, -0.2) is 36.9 Å². The van der Waals surface area contributed by atoms with Gasteiger partial charge < -0.3 is 10.6 Å². The molecule has 2 aliphatic rings. The zero-order chi connectivity index (χ0) is 16.9. The third-order valence-electron chi connectivity index (χ3n) is 5.33. The van der Waals surface area contributed by atoms with Crippen LogP contribution < -0.4 is 10.6 Å². The molecular weight excluding hydrogens is 302 g/mol. The lowest BCUT2D eigenvalue weighted by molar-refractivity contribution is -0.126. The third kappa shape index (κ3) is 4.15. The molecule has 1 aromatic carbocycles. The van der Waals surface area contributed by atoms with Crippen LogP contribution in [0.15, 0.2) is 24.3 Å². The van der Waals surface area contributed by atoms with Gasteiger partial charge in [-0.05, 0) is 42.7 Å². The highest BCUT2D eigenvalue weighted by Gasteiger charge is 2.26. The van der Waals surface area contributed by atoms with Gasteiger partial charge in [0.05, 0.1) is 6.54 Å². The van der Waals surface area contributed by atoms with Gasteiger partial charge in [-0.1, -0.05) is 24.3 Å². The molecule has 0 radical (unpaired) electrons. The number of rotatable bonds is 5. The van der Waals surface area contributed by atoms with E-state index in [0.717, 1.165) is 45.3 Å². The fraction of sp³-hybridized carbons (Fsp3) is 0.579. The van der Waals surface area contributed by atoms with Crippen molar-refractivity contribution >= 4 is 11.8 Å². The van der Waals surface area contributed by atoms with Gasteiger partial charge in [-0.3, -0.25) is 14.5 Å². The van der Waals surface area contributed by atoms with Crippen LogP contribution in [0.2, 0.25) is 0 Å². The number of hydrogen-bond donors (Lipinski definition) is 2. The Morgan fingerprint density at radius 3 is 2.29 bits per heavy atom. The Morgan fingerprint density at radius 2 is 1.71 bits per heavy atom. The molecule has 1 aromatic rings. The maximum atomic E-state index is 12.2. The fourth-order valence-corrected chi connectivity index (χ4v) is 3.87. The van der Waals surface area contributed by atoms with E-state index in [-0.39, 0.29) is 17.7 Å². The largest absolute Gasteiger partial charge is 0.359 e. The second-order valence-corrected chi connectivity index (χ2v) is 7.05. The average Bonchev–Trinajstić information content (AvgIpc) is 3.02. The monoisotopic (exact) mass is 329 g/mol. The molecule has 0 spiro atoms. The Balaban J connectivity index is 1.36. The van der Waals surface area contributed by atoms with Gasteiger partial charge in [-0.25, -0.2) is 0 Å². The number of fused-ring (bicyclic) bond motifs is 1. The van der Waals surface area contributed by atoms with Crippen LogP contribution in [0.1, 0.15) is 36.8 Å². The maximum absolute atomic E-state index is 12.2. The number of benzene rings is 1. The second kappa shape index (κ2) is 7.79. The lowest BCUT2D eigenvalue weighted by Gasteiger charge is -2.27. The molecule has 1 aliphatic heterocycles. The summed E-state index contributed by atoms with van der Waals surface area (Å²) in [6.45, 7) is 2.92. The van der Waals surface area contributed by atoms with E-state index in [1.54, 1.807) is 7.05 Å². The first-order chi connectivity index (χ1) is 11.7. The summed E-state index contributed by atoms with van der Waals surface area (Å²) in [5.74, 6) is 0.929. The predicted molar refractivity (Wildman–Crippen MR) is 93.1 cm³/mol. The van der Waals surface area contributed by atoms with Crippen LogP contribution in [0.4, 0.5) is 0 Å². The second-order valence-electron chi connectivity index (χ2n) is 7.05. The van der Waals surface area contributed by atoms with E-state index in [1.165, 1.54) is 11.1 Å². The first kappa shape index (κ1) is 17.0. The van der Waals surface area contributed by atoms with Crippen molar-refractivity contribution in [1.29, 1.82) is 0 Å². The highest BCUT2D eigenvalue weighted by Crippen LogP contribution is 2.28. The molecule has 5 nitrogen and oxygen atoms in total. The first-order valence-corrected chi connectivity index (χ1v) is 8.93. The van der Waals surface area contributed by atoms with Gasteiger partial charge in [0.25, 0.3) is 0 Å². The van der Waals surface area contributed by atoms with Crippen molar-refractivity contribution in [2.45, 2.75) is 38.8 Å². The highest BCUT2D eigenvalue weighted by atomic mass is 16.2. The molecule has 1 aliphatic carbocycles. The molecule has 1 fully saturated rings. The number of carbonyl (C=O) groups is 2. The van der Waals surface area contributed by atoms with Crippen molar-refractivity contribution < 1.29 is 9.59 Å². The van der Waals surface area contributed by atoms with E-state index < -0.39 is 0 Å². The molecule has 3 rings (SSSR count). The zero-order valence-electron chi connectivity index (χ0n) is 14.4. The summed E-state index contributed by atoms with van der Waals surface area (Å²) in [6.07, 6.45) is 3.91. The predicted octanol–water partition coefficient (Wildman–Crippen LogP) is 1.67. The van der Waals surface area contributed by atoms with Crippen molar-refractivity contribution in [2.75, 3.05) is 20.1 Å². The SMILES string of the molecule is CNC(=O)C1CCC(CNC(=O)CN2Cc3ccccc3C2)CC1. The van der Waals surface area contributed by atoms with Crippen LogP contribution in [0.5, 0.6) is 0 Å². The van der Waals surface area contributed by atoms with Gasteiger partial charge in [-0.2, -0.15) is 0 Å². The molecule has 0 atom stereocenters. The van der Waals surface area contributed by atoms with Gasteiger partial charge in [-0.15, -0.1) is 0 Å². The van der Waals surface area contributed by atoms with Crippen LogP contribution in [-0.2, 0) is 22.7 Å².